The molecule has 2 atom stereocenters. The molecule has 1 aromatic carbocycles. The Morgan fingerprint density at radius 3 is 2.16 bits per heavy atom. The molecule has 2 nitrogen and oxygen atoms in total. The van der Waals surface area contributed by atoms with Crippen LogP contribution in [0.25, 0.3) is 5.57 Å². The van der Waals surface area contributed by atoms with Crippen LogP contribution in [0.4, 0.5) is 0 Å². The molecule has 0 aliphatic heterocycles. The second-order valence-corrected chi connectivity index (χ2v) is 7.61. The molecule has 0 aromatic heterocycles. The molecular weight excluding hydrogens is 256 g/mol. The average Bonchev–Trinajstić information content (AvgIpc) is 2.88. The van der Waals surface area contributed by atoms with E-state index in [4.69, 9.17) is 0 Å². The number of rotatable bonds is 2. The fourth-order valence-corrected chi connectivity index (χ4v) is 5.01. The summed E-state index contributed by atoms with van der Waals surface area (Å²) in [6.07, 6.45) is 2.28. The van der Waals surface area contributed by atoms with E-state index in [9.17, 15) is 8.42 Å². The third kappa shape index (κ3) is 1.79. The summed E-state index contributed by atoms with van der Waals surface area (Å²) < 4.78 is 24.4. The number of allylic oxidation sites excluding steroid dienone is 4. The smallest absolute Gasteiger partial charge is 0.172 e. The van der Waals surface area contributed by atoms with Crippen molar-refractivity contribution in [2.75, 3.05) is 6.26 Å². The molecule has 0 fully saturated rings. The van der Waals surface area contributed by atoms with Crippen LogP contribution in [0.3, 0.4) is 0 Å². The molecular formula is C16H18O2S. The monoisotopic (exact) mass is 274 g/mol. The minimum absolute atomic E-state index is 0.107. The SMILES string of the molecule is CC1=C(C)C2CC1C(c1ccccc1)=C2S(C)(=O)=O. The van der Waals surface area contributed by atoms with Gasteiger partial charge in [-0.05, 0) is 31.4 Å². The molecule has 0 N–H and O–H groups in total. The molecule has 2 aliphatic carbocycles. The summed E-state index contributed by atoms with van der Waals surface area (Å²) in [5.41, 5.74) is 4.71. The van der Waals surface area contributed by atoms with Crippen molar-refractivity contribution in [2.24, 2.45) is 11.8 Å². The van der Waals surface area contributed by atoms with Gasteiger partial charge in [-0.3, -0.25) is 0 Å². The fraction of sp³-hybridized carbons (Fsp3) is 0.375. The summed E-state index contributed by atoms with van der Waals surface area (Å²) in [7, 11) is -3.14. The van der Waals surface area contributed by atoms with E-state index in [-0.39, 0.29) is 11.8 Å². The second kappa shape index (κ2) is 4.07. The van der Waals surface area contributed by atoms with E-state index in [2.05, 4.69) is 13.8 Å². The zero-order chi connectivity index (χ0) is 13.8. The van der Waals surface area contributed by atoms with Crippen LogP contribution in [-0.2, 0) is 9.84 Å². The van der Waals surface area contributed by atoms with Gasteiger partial charge in [0.25, 0.3) is 0 Å². The Balaban J connectivity index is 2.25. The van der Waals surface area contributed by atoms with Crippen LogP contribution in [0.5, 0.6) is 0 Å². The normalized spacial score (nSPS) is 26.5. The predicted octanol–water partition coefficient (Wildman–Crippen LogP) is 3.43. The second-order valence-electron chi connectivity index (χ2n) is 5.62. The van der Waals surface area contributed by atoms with Gasteiger partial charge in [-0.2, -0.15) is 0 Å². The maximum absolute atomic E-state index is 12.2. The first kappa shape index (κ1) is 12.7. The molecule has 0 saturated heterocycles. The Labute approximate surface area is 114 Å². The lowest BCUT2D eigenvalue weighted by Crippen LogP contribution is -2.13. The number of fused-ring (bicyclic) bond motifs is 2. The zero-order valence-electron chi connectivity index (χ0n) is 11.5. The van der Waals surface area contributed by atoms with E-state index < -0.39 is 9.84 Å². The molecule has 2 unspecified atom stereocenters. The molecule has 0 amide bonds. The lowest BCUT2D eigenvalue weighted by Gasteiger charge is -2.21. The largest absolute Gasteiger partial charge is 0.224 e. The standard InChI is InChI=1S/C16H18O2S/c1-10-11(2)14-9-13(10)15(16(14)19(3,17)18)12-7-5-4-6-8-12/h4-8,13-14H,9H2,1-3H3. The van der Waals surface area contributed by atoms with Crippen LogP contribution in [-0.4, -0.2) is 14.7 Å². The Kier molecular flexibility index (Phi) is 2.72. The molecule has 0 heterocycles. The Hall–Kier alpha value is -1.35. The number of hydrogen-bond donors (Lipinski definition) is 0. The van der Waals surface area contributed by atoms with Gasteiger partial charge in [0, 0.05) is 18.1 Å². The van der Waals surface area contributed by atoms with Crippen molar-refractivity contribution in [3.8, 4) is 0 Å². The van der Waals surface area contributed by atoms with Gasteiger partial charge in [0.2, 0.25) is 0 Å². The van der Waals surface area contributed by atoms with Crippen LogP contribution in [0.1, 0.15) is 25.8 Å². The van der Waals surface area contributed by atoms with Crippen molar-refractivity contribution in [1.82, 2.24) is 0 Å². The molecule has 19 heavy (non-hydrogen) atoms. The number of benzene rings is 1. The summed E-state index contributed by atoms with van der Waals surface area (Å²) in [5.74, 6) is 0.396. The van der Waals surface area contributed by atoms with Crippen molar-refractivity contribution in [2.45, 2.75) is 20.3 Å². The quantitative estimate of drug-likeness (QED) is 0.774. The van der Waals surface area contributed by atoms with Crippen molar-refractivity contribution in [1.29, 1.82) is 0 Å². The minimum Gasteiger partial charge on any atom is -0.224 e. The molecule has 3 heteroatoms. The van der Waals surface area contributed by atoms with Gasteiger partial charge in [0.1, 0.15) is 0 Å². The first-order valence-corrected chi connectivity index (χ1v) is 8.47. The highest BCUT2D eigenvalue weighted by molar-refractivity contribution is 7.94. The Bertz CT molecular complexity index is 694. The van der Waals surface area contributed by atoms with Crippen molar-refractivity contribution < 1.29 is 8.42 Å². The molecule has 0 spiro atoms. The van der Waals surface area contributed by atoms with Gasteiger partial charge < -0.3 is 0 Å². The van der Waals surface area contributed by atoms with E-state index in [0.29, 0.717) is 4.91 Å². The molecule has 100 valence electrons. The molecule has 0 saturated carbocycles. The first-order valence-electron chi connectivity index (χ1n) is 6.58. The van der Waals surface area contributed by atoms with Crippen LogP contribution in [0.2, 0.25) is 0 Å². The van der Waals surface area contributed by atoms with Gasteiger partial charge in [-0.25, -0.2) is 8.42 Å². The fourth-order valence-electron chi connectivity index (χ4n) is 3.56. The highest BCUT2D eigenvalue weighted by atomic mass is 32.2. The third-order valence-electron chi connectivity index (χ3n) is 4.55. The lowest BCUT2D eigenvalue weighted by atomic mass is 9.88. The van der Waals surface area contributed by atoms with Gasteiger partial charge in [-0.15, -0.1) is 0 Å². The molecule has 2 bridgehead atoms. The summed E-state index contributed by atoms with van der Waals surface area (Å²) in [5, 5.41) is 0. The highest BCUT2D eigenvalue weighted by Gasteiger charge is 2.45. The van der Waals surface area contributed by atoms with Crippen LogP contribution in [0, 0.1) is 11.8 Å². The van der Waals surface area contributed by atoms with Gasteiger partial charge >= 0.3 is 0 Å². The van der Waals surface area contributed by atoms with Crippen molar-refractivity contribution in [3.63, 3.8) is 0 Å². The van der Waals surface area contributed by atoms with Crippen molar-refractivity contribution >= 4 is 15.4 Å². The molecule has 3 rings (SSSR count). The van der Waals surface area contributed by atoms with E-state index >= 15 is 0 Å². The highest BCUT2D eigenvalue weighted by Crippen LogP contribution is 2.56. The van der Waals surface area contributed by atoms with Gasteiger partial charge in [0.05, 0.1) is 4.91 Å². The van der Waals surface area contributed by atoms with Crippen LogP contribution in [0.15, 0.2) is 46.4 Å². The summed E-state index contributed by atoms with van der Waals surface area (Å²) in [4.78, 5) is 0.659. The maximum atomic E-state index is 12.2. The third-order valence-corrected chi connectivity index (χ3v) is 5.86. The van der Waals surface area contributed by atoms with Crippen molar-refractivity contribution in [3.05, 3.63) is 51.9 Å². The Morgan fingerprint density at radius 1 is 1.00 bits per heavy atom. The predicted molar refractivity (Wildman–Crippen MR) is 78.2 cm³/mol. The van der Waals surface area contributed by atoms with E-state index in [1.807, 2.05) is 30.3 Å². The zero-order valence-corrected chi connectivity index (χ0v) is 12.3. The molecule has 0 radical (unpaired) electrons. The molecule has 2 aliphatic rings. The topological polar surface area (TPSA) is 34.1 Å². The minimum atomic E-state index is -3.14. The summed E-state index contributed by atoms with van der Waals surface area (Å²) >= 11 is 0. The van der Waals surface area contributed by atoms with Gasteiger partial charge in [-0.1, -0.05) is 41.5 Å². The van der Waals surface area contributed by atoms with E-state index in [0.717, 1.165) is 17.6 Å². The average molecular weight is 274 g/mol. The van der Waals surface area contributed by atoms with Crippen LogP contribution >= 0.6 is 0 Å². The lowest BCUT2D eigenvalue weighted by molar-refractivity contribution is 0.600. The van der Waals surface area contributed by atoms with Gasteiger partial charge in [0.15, 0.2) is 9.84 Å². The number of sulfone groups is 1. The number of hydrogen-bond acceptors (Lipinski definition) is 2. The first-order chi connectivity index (χ1) is 8.91. The molecule has 1 aromatic rings. The van der Waals surface area contributed by atoms with Crippen LogP contribution < -0.4 is 0 Å². The summed E-state index contributed by atoms with van der Waals surface area (Å²) in [6.45, 7) is 4.22. The Morgan fingerprint density at radius 2 is 1.58 bits per heavy atom. The van der Waals surface area contributed by atoms with E-state index in [1.54, 1.807) is 0 Å². The summed E-state index contributed by atoms with van der Waals surface area (Å²) in [6, 6.07) is 9.94. The van der Waals surface area contributed by atoms with E-state index in [1.165, 1.54) is 17.4 Å². The maximum Gasteiger partial charge on any atom is 0.172 e.